The highest BCUT2D eigenvalue weighted by Gasteiger charge is 2.22. The molecule has 0 aliphatic rings. The summed E-state index contributed by atoms with van der Waals surface area (Å²) in [4.78, 5) is 0. The Balaban J connectivity index is 0.000000399. The van der Waals surface area contributed by atoms with E-state index in [9.17, 15) is 0 Å². The van der Waals surface area contributed by atoms with Gasteiger partial charge in [0.2, 0.25) is 6.71 Å². The molecule has 0 fully saturated rings. The van der Waals surface area contributed by atoms with Crippen molar-refractivity contribution in [2.45, 2.75) is 6.92 Å². The van der Waals surface area contributed by atoms with Crippen LogP contribution in [-0.4, -0.2) is 39.4 Å². The lowest BCUT2D eigenvalue weighted by Gasteiger charge is -2.17. The Morgan fingerprint density at radius 1 is 0.560 bits per heavy atom. The van der Waals surface area contributed by atoms with Crippen molar-refractivity contribution in [3.05, 3.63) is 90.5 Å². The number of rotatable bonds is 3. The second-order valence-electron chi connectivity index (χ2n) is 7.79. The molecule has 0 saturated heterocycles. The van der Waals surface area contributed by atoms with Crippen LogP contribution in [0.3, 0.4) is 0 Å². The maximum atomic E-state index is 2.24. The van der Waals surface area contributed by atoms with Gasteiger partial charge in [-0.1, -0.05) is 107 Å². The van der Waals surface area contributed by atoms with E-state index in [4.69, 9.17) is 0 Å². The van der Waals surface area contributed by atoms with Gasteiger partial charge in [0.05, 0.1) is 28.2 Å². The Morgan fingerprint density at radius 3 is 1.32 bits per heavy atom. The minimum Gasteiger partial charge on any atom is -0.333 e. The summed E-state index contributed by atoms with van der Waals surface area (Å²) >= 11 is 0. The molecule has 25 heavy (non-hydrogen) atoms. The van der Waals surface area contributed by atoms with E-state index in [0.717, 1.165) is 4.48 Å². The largest absolute Gasteiger partial charge is 0.333 e. The normalized spacial score (nSPS) is 10.6. The first-order valence-electron chi connectivity index (χ1n) is 8.80. The monoisotopic (exact) mass is 330 g/mol. The van der Waals surface area contributed by atoms with Crippen LogP contribution in [0.5, 0.6) is 0 Å². The summed E-state index contributed by atoms with van der Waals surface area (Å²) in [5.74, 6) is 0. The first-order valence-corrected chi connectivity index (χ1v) is 8.80. The predicted octanol–water partition coefficient (Wildman–Crippen LogP) is 2.83. The van der Waals surface area contributed by atoms with Gasteiger partial charge in [-0.15, -0.1) is 0 Å². The van der Waals surface area contributed by atoms with Crippen molar-refractivity contribution in [2.24, 2.45) is 0 Å². The van der Waals surface area contributed by atoms with E-state index < -0.39 is 0 Å². The van der Waals surface area contributed by atoms with Crippen molar-refractivity contribution < 1.29 is 4.48 Å². The molecule has 3 aromatic carbocycles. The summed E-state index contributed by atoms with van der Waals surface area (Å²) in [5.41, 5.74) is 5.40. The summed E-state index contributed by atoms with van der Waals surface area (Å²) in [6, 6.07) is 30.1. The maximum absolute atomic E-state index is 2.24. The predicted molar refractivity (Wildman–Crippen MR) is 113 cm³/mol. The van der Waals surface area contributed by atoms with Gasteiger partial charge in [0.15, 0.2) is 0 Å². The van der Waals surface area contributed by atoms with Crippen molar-refractivity contribution in [1.29, 1.82) is 0 Å². The van der Waals surface area contributed by atoms with E-state index in [0.29, 0.717) is 6.71 Å². The third kappa shape index (κ3) is 6.24. The van der Waals surface area contributed by atoms with Crippen LogP contribution >= 0.6 is 0 Å². The van der Waals surface area contributed by atoms with Crippen LogP contribution in [0.1, 0.15) is 5.56 Å². The molecular weight excluding hydrogens is 301 g/mol. The maximum Gasteiger partial charge on any atom is 0.241 e. The molecule has 0 heterocycles. The Hall–Kier alpha value is -2.32. The zero-order chi connectivity index (χ0) is 18.3. The highest BCUT2D eigenvalue weighted by molar-refractivity contribution is 6.95. The minimum absolute atomic E-state index is 0.304. The minimum atomic E-state index is 0.304. The first kappa shape index (κ1) is 19.0. The van der Waals surface area contributed by atoms with Gasteiger partial charge in [-0.05, 0) is 6.92 Å². The molecule has 0 amide bonds. The molecule has 0 saturated carbocycles. The molecule has 0 aliphatic carbocycles. The van der Waals surface area contributed by atoms with E-state index in [1.54, 1.807) is 0 Å². The molecule has 128 valence electrons. The molecule has 0 unspecified atom stereocenters. The average Bonchev–Trinajstić information content (AvgIpc) is 2.57. The SMILES string of the molecule is C[N+](C)(C)C.Cc1ccccc1B(c1ccccc1)c1ccccc1. The first-order chi connectivity index (χ1) is 11.9. The van der Waals surface area contributed by atoms with E-state index in [1.807, 2.05) is 0 Å². The molecule has 0 atom stereocenters. The molecule has 0 N–H and O–H groups in total. The molecule has 1 nitrogen and oxygen atoms in total. The average molecular weight is 330 g/mol. The van der Waals surface area contributed by atoms with Gasteiger partial charge in [0.25, 0.3) is 0 Å². The molecule has 3 aromatic rings. The second-order valence-corrected chi connectivity index (χ2v) is 7.79. The number of nitrogens with zero attached hydrogens (tertiary/aromatic N) is 1. The Kier molecular flexibility index (Phi) is 6.61. The molecule has 0 bridgehead atoms. The fraction of sp³-hybridized carbons (Fsp3) is 0.217. The van der Waals surface area contributed by atoms with E-state index in [1.165, 1.54) is 22.0 Å². The topological polar surface area (TPSA) is 0 Å². The molecular formula is C23H29BN+. The highest BCUT2D eigenvalue weighted by Crippen LogP contribution is 1.99. The van der Waals surface area contributed by atoms with Crippen LogP contribution in [-0.2, 0) is 0 Å². The van der Waals surface area contributed by atoms with E-state index >= 15 is 0 Å². The zero-order valence-corrected chi connectivity index (χ0v) is 16.1. The lowest BCUT2D eigenvalue weighted by atomic mass is 9.36. The molecule has 0 radical (unpaired) electrons. The van der Waals surface area contributed by atoms with Gasteiger partial charge in [0, 0.05) is 0 Å². The van der Waals surface area contributed by atoms with Crippen molar-refractivity contribution in [2.75, 3.05) is 28.2 Å². The number of benzene rings is 3. The summed E-state index contributed by atoms with van der Waals surface area (Å²) < 4.78 is 1.00. The molecule has 0 aromatic heterocycles. The van der Waals surface area contributed by atoms with E-state index in [2.05, 4.69) is 120 Å². The van der Waals surface area contributed by atoms with Gasteiger partial charge in [-0.25, -0.2) is 0 Å². The second kappa shape index (κ2) is 8.69. The fourth-order valence-corrected chi connectivity index (χ4v) is 2.75. The third-order valence-corrected chi connectivity index (χ3v) is 3.77. The molecule has 3 rings (SSSR count). The summed E-state index contributed by atoms with van der Waals surface area (Å²) in [6.07, 6.45) is 0. The number of quaternary nitrogens is 1. The number of hydrogen-bond donors (Lipinski definition) is 0. The summed E-state index contributed by atoms with van der Waals surface area (Å²) in [5, 5.41) is 0. The number of hydrogen-bond acceptors (Lipinski definition) is 0. The Bertz CT molecular complexity index is 715. The summed E-state index contributed by atoms with van der Waals surface area (Å²) in [7, 11) is 8.50. The van der Waals surface area contributed by atoms with Crippen molar-refractivity contribution in [3.63, 3.8) is 0 Å². The van der Waals surface area contributed by atoms with Crippen LogP contribution in [0, 0.1) is 6.92 Å². The van der Waals surface area contributed by atoms with Gasteiger partial charge in [0.1, 0.15) is 0 Å². The standard InChI is InChI=1S/C19H17B.C4H12N/c1-16-10-8-9-15-19(16)20(17-11-4-2-5-12-17)18-13-6-3-7-14-18;1-5(2,3)4/h2-15H,1H3;1-4H3/q;+1. The fourth-order valence-electron chi connectivity index (χ4n) is 2.75. The quantitative estimate of drug-likeness (QED) is 0.512. The van der Waals surface area contributed by atoms with Gasteiger partial charge in [-0.2, -0.15) is 0 Å². The smallest absolute Gasteiger partial charge is 0.241 e. The van der Waals surface area contributed by atoms with E-state index in [-0.39, 0.29) is 0 Å². The van der Waals surface area contributed by atoms with Crippen molar-refractivity contribution >= 4 is 23.1 Å². The molecule has 0 aliphatic heterocycles. The number of aryl methyl sites for hydroxylation is 1. The Labute approximate surface area is 153 Å². The third-order valence-electron chi connectivity index (χ3n) is 3.77. The summed E-state index contributed by atoms with van der Waals surface area (Å²) in [6.45, 7) is 2.49. The van der Waals surface area contributed by atoms with Gasteiger partial charge in [-0.3, -0.25) is 0 Å². The Morgan fingerprint density at radius 2 is 0.920 bits per heavy atom. The molecule has 0 spiro atoms. The van der Waals surface area contributed by atoms with Crippen LogP contribution in [0.25, 0.3) is 0 Å². The molecule has 2 heteroatoms. The lowest BCUT2D eigenvalue weighted by Crippen LogP contribution is -2.52. The van der Waals surface area contributed by atoms with Crippen LogP contribution < -0.4 is 16.4 Å². The van der Waals surface area contributed by atoms with Gasteiger partial charge >= 0.3 is 0 Å². The van der Waals surface area contributed by atoms with Crippen LogP contribution in [0.2, 0.25) is 0 Å². The zero-order valence-electron chi connectivity index (χ0n) is 16.1. The van der Waals surface area contributed by atoms with Gasteiger partial charge < -0.3 is 4.48 Å². The van der Waals surface area contributed by atoms with Crippen LogP contribution in [0.4, 0.5) is 0 Å². The highest BCUT2D eigenvalue weighted by atomic mass is 15.2. The van der Waals surface area contributed by atoms with Crippen molar-refractivity contribution in [1.82, 2.24) is 0 Å². The lowest BCUT2D eigenvalue weighted by molar-refractivity contribution is -0.849. The van der Waals surface area contributed by atoms with Crippen LogP contribution in [0.15, 0.2) is 84.9 Å². The van der Waals surface area contributed by atoms with Crippen molar-refractivity contribution in [3.8, 4) is 0 Å².